The van der Waals surface area contributed by atoms with Gasteiger partial charge < -0.3 is 10.1 Å². The maximum Gasteiger partial charge on any atom is 0.325 e. The van der Waals surface area contributed by atoms with E-state index >= 15 is 0 Å². The van der Waals surface area contributed by atoms with Crippen LogP contribution in [0.25, 0.3) is 0 Å². The summed E-state index contributed by atoms with van der Waals surface area (Å²) in [4.78, 5) is 39.0. The number of imide groups is 1. The maximum absolute atomic E-state index is 13.1. The van der Waals surface area contributed by atoms with Gasteiger partial charge in [0.2, 0.25) is 0 Å². The van der Waals surface area contributed by atoms with Crippen molar-refractivity contribution in [1.82, 2.24) is 10.2 Å². The Hall–Kier alpha value is -3.15. The molecule has 1 fully saturated rings. The van der Waals surface area contributed by atoms with Gasteiger partial charge in [0.05, 0.1) is 12.6 Å². The normalized spacial score (nSPS) is 19.3. The van der Waals surface area contributed by atoms with Crippen LogP contribution >= 0.6 is 0 Å². The summed E-state index contributed by atoms with van der Waals surface area (Å²) in [5, 5.41) is 2.72. The molecule has 0 aromatic heterocycles. The van der Waals surface area contributed by atoms with Crippen LogP contribution in [-0.4, -0.2) is 35.3 Å². The predicted octanol–water partition coefficient (Wildman–Crippen LogP) is 3.12. The molecule has 0 saturated carbocycles. The molecule has 1 atom stereocenters. The number of ether oxygens (including phenoxy) is 1. The molecule has 0 spiro atoms. The molecule has 3 rings (SSSR count). The zero-order valence-electron chi connectivity index (χ0n) is 15.6. The lowest BCUT2D eigenvalue weighted by Gasteiger charge is -2.25. The van der Waals surface area contributed by atoms with Gasteiger partial charge in [-0.05, 0) is 26.8 Å². The number of ketones is 1. The van der Waals surface area contributed by atoms with Crippen LogP contribution in [0.4, 0.5) is 4.79 Å². The van der Waals surface area contributed by atoms with Crippen LogP contribution in [-0.2, 0) is 10.3 Å². The van der Waals surface area contributed by atoms with Gasteiger partial charge in [0.25, 0.3) is 5.91 Å². The number of nitrogens with zero attached hydrogens (tertiary/aromatic N) is 1. The molecule has 27 heavy (non-hydrogen) atoms. The van der Waals surface area contributed by atoms with Crippen LogP contribution in [0.3, 0.4) is 0 Å². The molecule has 1 aliphatic rings. The zero-order valence-corrected chi connectivity index (χ0v) is 15.6. The summed E-state index contributed by atoms with van der Waals surface area (Å²) < 4.78 is 5.80. The number of nitrogens with one attached hydrogen (secondary N) is 1. The van der Waals surface area contributed by atoms with Crippen LogP contribution in [0.1, 0.15) is 36.7 Å². The number of Topliss-reactive ketones (excluding diaryl/α,β-unsaturated/α-hetero) is 1. The number of hydrogen-bond donors (Lipinski definition) is 1. The van der Waals surface area contributed by atoms with E-state index in [4.69, 9.17) is 4.74 Å². The van der Waals surface area contributed by atoms with Gasteiger partial charge in [-0.25, -0.2) is 4.79 Å². The highest BCUT2D eigenvalue weighted by molar-refractivity contribution is 6.11. The fourth-order valence-electron chi connectivity index (χ4n) is 3.12. The van der Waals surface area contributed by atoms with Crippen molar-refractivity contribution >= 4 is 17.7 Å². The standard InChI is InChI=1S/C21H22N2O4/c1-14(2)27-18-12-8-7-11-16(18)21(3)19(25)23(20(26)22-21)13-17(24)15-9-5-4-6-10-15/h4-12,14H,13H2,1-3H3,(H,22,26). The molecule has 3 amide bonds. The van der Waals surface area contributed by atoms with Crippen molar-refractivity contribution in [2.45, 2.75) is 32.4 Å². The minimum absolute atomic E-state index is 0.0854. The van der Waals surface area contributed by atoms with Gasteiger partial charge in [-0.1, -0.05) is 48.5 Å². The Labute approximate surface area is 158 Å². The Morgan fingerprint density at radius 2 is 1.70 bits per heavy atom. The van der Waals surface area contributed by atoms with Gasteiger partial charge in [-0.2, -0.15) is 0 Å². The number of carbonyl (C=O) groups is 3. The number of carbonyl (C=O) groups excluding carboxylic acids is 3. The highest BCUT2D eigenvalue weighted by Crippen LogP contribution is 2.35. The average Bonchev–Trinajstić information content (AvgIpc) is 2.86. The van der Waals surface area contributed by atoms with E-state index in [9.17, 15) is 14.4 Å². The van der Waals surface area contributed by atoms with Gasteiger partial charge in [0.1, 0.15) is 11.3 Å². The summed E-state index contributed by atoms with van der Waals surface area (Å²) in [5.41, 5.74) is -0.276. The van der Waals surface area contributed by atoms with E-state index in [0.717, 1.165) is 4.90 Å². The minimum Gasteiger partial charge on any atom is -0.491 e. The molecular formula is C21H22N2O4. The molecule has 1 unspecified atom stereocenters. The fourth-order valence-corrected chi connectivity index (χ4v) is 3.12. The Kier molecular flexibility index (Phi) is 4.99. The van der Waals surface area contributed by atoms with E-state index in [0.29, 0.717) is 16.9 Å². The summed E-state index contributed by atoms with van der Waals surface area (Å²) in [5.74, 6) is -0.244. The molecule has 1 N–H and O–H groups in total. The van der Waals surface area contributed by atoms with E-state index < -0.39 is 17.5 Å². The second kappa shape index (κ2) is 7.23. The second-order valence-electron chi connectivity index (χ2n) is 6.90. The lowest BCUT2D eigenvalue weighted by Crippen LogP contribution is -2.42. The Morgan fingerprint density at radius 1 is 1.07 bits per heavy atom. The van der Waals surface area contributed by atoms with Crippen molar-refractivity contribution < 1.29 is 19.1 Å². The third kappa shape index (κ3) is 3.56. The predicted molar refractivity (Wildman–Crippen MR) is 101 cm³/mol. The number of urea groups is 1. The summed E-state index contributed by atoms with van der Waals surface area (Å²) >= 11 is 0. The summed E-state index contributed by atoms with van der Waals surface area (Å²) in [6, 6.07) is 15.1. The lowest BCUT2D eigenvalue weighted by atomic mass is 9.91. The van der Waals surface area contributed by atoms with Crippen molar-refractivity contribution in [2.24, 2.45) is 0 Å². The first-order chi connectivity index (χ1) is 12.8. The number of hydrogen-bond acceptors (Lipinski definition) is 4. The summed E-state index contributed by atoms with van der Waals surface area (Å²) in [6.45, 7) is 5.10. The first kappa shape index (κ1) is 18.6. The average molecular weight is 366 g/mol. The van der Waals surface area contributed by atoms with Gasteiger partial charge in [0, 0.05) is 11.1 Å². The van der Waals surface area contributed by atoms with Gasteiger partial charge in [-0.3, -0.25) is 14.5 Å². The van der Waals surface area contributed by atoms with Crippen molar-refractivity contribution in [3.63, 3.8) is 0 Å². The van der Waals surface area contributed by atoms with Crippen molar-refractivity contribution in [3.05, 3.63) is 65.7 Å². The molecule has 1 saturated heterocycles. The number of para-hydroxylation sites is 1. The van der Waals surface area contributed by atoms with Crippen molar-refractivity contribution in [1.29, 1.82) is 0 Å². The molecule has 6 heteroatoms. The molecule has 1 aliphatic heterocycles. The van der Waals surface area contributed by atoms with Crippen LogP contribution < -0.4 is 10.1 Å². The van der Waals surface area contributed by atoms with Crippen LogP contribution in [0.2, 0.25) is 0 Å². The molecule has 140 valence electrons. The van der Waals surface area contributed by atoms with Gasteiger partial charge in [-0.15, -0.1) is 0 Å². The first-order valence-corrected chi connectivity index (χ1v) is 8.81. The number of rotatable bonds is 6. The largest absolute Gasteiger partial charge is 0.491 e. The monoisotopic (exact) mass is 366 g/mol. The van der Waals surface area contributed by atoms with E-state index in [2.05, 4.69) is 5.32 Å². The third-order valence-corrected chi connectivity index (χ3v) is 4.46. The SMILES string of the molecule is CC(C)Oc1ccccc1C1(C)NC(=O)N(CC(=O)c2ccccc2)C1=O. The molecule has 6 nitrogen and oxygen atoms in total. The first-order valence-electron chi connectivity index (χ1n) is 8.81. The second-order valence-corrected chi connectivity index (χ2v) is 6.90. The molecule has 0 radical (unpaired) electrons. The van der Waals surface area contributed by atoms with Crippen LogP contribution in [0, 0.1) is 0 Å². The van der Waals surface area contributed by atoms with Crippen molar-refractivity contribution in [3.8, 4) is 5.75 Å². The maximum atomic E-state index is 13.1. The summed E-state index contributed by atoms with van der Waals surface area (Å²) in [7, 11) is 0. The lowest BCUT2D eigenvalue weighted by molar-refractivity contribution is -0.130. The van der Waals surface area contributed by atoms with E-state index in [1.165, 1.54) is 0 Å². The number of amides is 3. The van der Waals surface area contributed by atoms with Crippen molar-refractivity contribution in [2.75, 3.05) is 6.54 Å². The minimum atomic E-state index is -1.29. The smallest absolute Gasteiger partial charge is 0.325 e. The Morgan fingerprint density at radius 3 is 2.37 bits per heavy atom. The molecule has 0 aliphatic carbocycles. The van der Waals surface area contributed by atoms with Crippen LogP contribution in [0.5, 0.6) is 5.75 Å². The van der Waals surface area contributed by atoms with E-state index in [1.54, 1.807) is 55.5 Å². The molecule has 1 heterocycles. The summed E-state index contributed by atoms with van der Waals surface area (Å²) in [6.07, 6.45) is -0.0854. The highest BCUT2D eigenvalue weighted by Gasteiger charge is 2.50. The fraction of sp³-hybridized carbons (Fsp3) is 0.286. The molecular weight excluding hydrogens is 344 g/mol. The molecule has 2 aromatic carbocycles. The molecule has 2 aromatic rings. The van der Waals surface area contributed by atoms with Gasteiger partial charge in [0.15, 0.2) is 5.78 Å². The Balaban J connectivity index is 1.88. The van der Waals surface area contributed by atoms with E-state index in [-0.39, 0.29) is 18.4 Å². The topological polar surface area (TPSA) is 75.7 Å². The third-order valence-electron chi connectivity index (χ3n) is 4.46. The zero-order chi connectivity index (χ0) is 19.6. The van der Waals surface area contributed by atoms with Crippen LogP contribution in [0.15, 0.2) is 54.6 Å². The number of benzene rings is 2. The van der Waals surface area contributed by atoms with E-state index in [1.807, 2.05) is 19.9 Å². The highest BCUT2D eigenvalue weighted by atomic mass is 16.5. The van der Waals surface area contributed by atoms with Gasteiger partial charge >= 0.3 is 6.03 Å². The molecule has 0 bridgehead atoms. The Bertz CT molecular complexity index is 879. The quantitative estimate of drug-likeness (QED) is 0.630.